The molecule has 0 spiro atoms. The molecular weight excluding hydrogens is 322 g/mol. The summed E-state index contributed by atoms with van der Waals surface area (Å²) < 4.78 is 5.61. The zero-order valence-corrected chi connectivity index (χ0v) is 14.8. The molecule has 1 aromatic carbocycles. The van der Waals surface area contributed by atoms with Crippen LogP contribution in [0.1, 0.15) is 29.4 Å². The number of nitrogens with zero attached hydrogens (tertiary/aromatic N) is 3. The Morgan fingerprint density at radius 3 is 2.92 bits per heavy atom. The average Bonchev–Trinajstić information content (AvgIpc) is 2.99. The Balaban J connectivity index is 1.64. The van der Waals surface area contributed by atoms with Crippen molar-refractivity contribution in [3.63, 3.8) is 0 Å². The number of aromatic nitrogens is 1. The van der Waals surface area contributed by atoms with Gasteiger partial charge in [0.25, 0.3) is 5.91 Å². The molecule has 0 saturated carbocycles. The van der Waals surface area contributed by atoms with Crippen molar-refractivity contribution >= 4 is 17.2 Å². The van der Waals surface area contributed by atoms with Crippen molar-refractivity contribution < 1.29 is 9.53 Å². The van der Waals surface area contributed by atoms with E-state index in [0.29, 0.717) is 17.9 Å². The third-order valence-corrected chi connectivity index (χ3v) is 4.80. The molecule has 0 N–H and O–H groups in total. The Morgan fingerprint density at radius 1 is 1.25 bits per heavy atom. The van der Waals surface area contributed by atoms with E-state index in [9.17, 15) is 4.79 Å². The summed E-state index contributed by atoms with van der Waals surface area (Å²) in [6, 6.07) is 7.51. The Labute approximate surface area is 146 Å². The maximum Gasteiger partial charge on any atom is 0.257 e. The van der Waals surface area contributed by atoms with Crippen LogP contribution < -0.4 is 4.74 Å². The zero-order chi connectivity index (χ0) is 16.8. The molecule has 1 amide bonds. The number of thiazole rings is 1. The third kappa shape index (κ3) is 4.13. The van der Waals surface area contributed by atoms with Crippen molar-refractivity contribution in [2.45, 2.75) is 19.9 Å². The lowest BCUT2D eigenvalue weighted by Crippen LogP contribution is -2.35. The molecule has 24 heavy (non-hydrogen) atoms. The first kappa shape index (κ1) is 16.9. The van der Waals surface area contributed by atoms with Crippen LogP contribution in [0.15, 0.2) is 35.2 Å². The van der Waals surface area contributed by atoms with Crippen LogP contribution in [0, 0.1) is 0 Å². The SMILES string of the molecule is CCOc1ccccc1C(=O)N1CCCN(Cc2cscn2)CC1. The van der Waals surface area contributed by atoms with Gasteiger partial charge in [0.2, 0.25) is 0 Å². The highest BCUT2D eigenvalue weighted by Gasteiger charge is 2.22. The number of benzene rings is 1. The highest BCUT2D eigenvalue weighted by atomic mass is 32.1. The van der Waals surface area contributed by atoms with Gasteiger partial charge >= 0.3 is 0 Å². The van der Waals surface area contributed by atoms with E-state index in [1.165, 1.54) is 0 Å². The number of para-hydroxylation sites is 1. The van der Waals surface area contributed by atoms with E-state index in [4.69, 9.17) is 4.74 Å². The number of rotatable bonds is 5. The zero-order valence-electron chi connectivity index (χ0n) is 14.0. The van der Waals surface area contributed by atoms with Crippen LogP contribution >= 0.6 is 11.3 Å². The monoisotopic (exact) mass is 345 g/mol. The largest absolute Gasteiger partial charge is 0.493 e. The molecule has 1 aliphatic rings. The molecule has 128 valence electrons. The Bertz CT molecular complexity index is 660. The molecule has 5 nitrogen and oxygen atoms in total. The van der Waals surface area contributed by atoms with E-state index in [-0.39, 0.29) is 5.91 Å². The van der Waals surface area contributed by atoms with E-state index in [1.54, 1.807) is 11.3 Å². The lowest BCUT2D eigenvalue weighted by molar-refractivity contribution is 0.0757. The summed E-state index contributed by atoms with van der Waals surface area (Å²) in [4.78, 5) is 21.6. The van der Waals surface area contributed by atoms with Gasteiger partial charge in [0.15, 0.2) is 0 Å². The Hall–Kier alpha value is -1.92. The number of amides is 1. The third-order valence-electron chi connectivity index (χ3n) is 4.16. The predicted molar refractivity (Wildman–Crippen MR) is 95.5 cm³/mol. The maximum absolute atomic E-state index is 12.9. The molecule has 1 aliphatic heterocycles. The summed E-state index contributed by atoms with van der Waals surface area (Å²) in [5.74, 6) is 0.739. The van der Waals surface area contributed by atoms with Gasteiger partial charge in [-0.1, -0.05) is 12.1 Å². The van der Waals surface area contributed by atoms with Crippen LogP contribution in [-0.4, -0.2) is 53.5 Å². The number of carbonyl (C=O) groups is 1. The van der Waals surface area contributed by atoms with E-state index in [2.05, 4.69) is 15.3 Å². The highest BCUT2D eigenvalue weighted by Crippen LogP contribution is 2.21. The van der Waals surface area contributed by atoms with Gasteiger partial charge in [-0.05, 0) is 25.5 Å². The summed E-state index contributed by atoms with van der Waals surface area (Å²) in [6.45, 7) is 6.75. The first-order valence-corrected chi connectivity index (χ1v) is 9.32. The molecular formula is C18H23N3O2S. The summed E-state index contributed by atoms with van der Waals surface area (Å²) >= 11 is 1.63. The first-order chi connectivity index (χ1) is 11.8. The number of hydrogen-bond donors (Lipinski definition) is 0. The summed E-state index contributed by atoms with van der Waals surface area (Å²) in [5, 5.41) is 2.09. The van der Waals surface area contributed by atoms with Crippen LogP contribution in [-0.2, 0) is 6.54 Å². The number of hydrogen-bond acceptors (Lipinski definition) is 5. The minimum absolute atomic E-state index is 0.0644. The van der Waals surface area contributed by atoms with Gasteiger partial charge in [-0.2, -0.15) is 0 Å². The fourth-order valence-corrected chi connectivity index (χ4v) is 3.52. The lowest BCUT2D eigenvalue weighted by atomic mass is 10.1. The summed E-state index contributed by atoms with van der Waals surface area (Å²) in [6.07, 6.45) is 0.979. The number of ether oxygens (including phenoxy) is 1. The maximum atomic E-state index is 12.9. The Morgan fingerprint density at radius 2 is 2.12 bits per heavy atom. The van der Waals surface area contributed by atoms with E-state index >= 15 is 0 Å². The second-order valence-corrected chi connectivity index (χ2v) is 6.55. The van der Waals surface area contributed by atoms with Crippen molar-refractivity contribution in [3.8, 4) is 5.75 Å². The van der Waals surface area contributed by atoms with Crippen LogP contribution in [0.3, 0.4) is 0 Å². The van der Waals surface area contributed by atoms with E-state index in [1.807, 2.05) is 41.6 Å². The molecule has 1 aromatic heterocycles. The lowest BCUT2D eigenvalue weighted by Gasteiger charge is -2.22. The van der Waals surface area contributed by atoms with E-state index < -0.39 is 0 Å². The fourth-order valence-electron chi connectivity index (χ4n) is 2.97. The van der Waals surface area contributed by atoms with Gasteiger partial charge in [0, 0.05) is 38.1 Å². The standard InChI is InChI=1S/C18H23N3O2S/c1-2-23-17-7-4-3-6-16(17)18(22)21-9-5-8-20(10-11-21)12-15-13-24-14-19-15/h3-4,6-7,13-14H,2,5,8-12H2,1H3. The Kier molecular flexibility index (Phi) is 5.82. The quantitative estimate of drug-likeness (QED) is 0.836. The van der Waals surface area contributed by atoms with Crippen molar-refractivity contribution in [1.82, 2.24) is 14.8 Å². The van der Waals surface area contributed by atoms with Gasteiger partial charge in [0.05, 0.1) is 23.4 Å². The molecule has 3 rings (SSSR count). The van der Waals surface area contributed by atoms with Crippen molar-refractivity contribution in [1.29, 1.82) is 0 Å². The second kappa shape index (κ2) is 8.26. The van der Waals surface area contributed by atoms with Gasteiger partial charge < -0.3 is 9.64 Å². The van der Waals surface area contributed by atoms with Crippen LogP contribution in [0.2, 0.25) is 0 Å². The van der Waals surface area contributed by atoms with Gasteiger partial charge in [-0.3, -0.25) is 9.69 Å². The second-order valence-electron chi connectivity index (χ2n) is 5.83. The molecule has 1 saturated heterocycles. The first-order valence-electron chi connectivity index (χ1n) is 8.38. The van der Waals surface area contributed by atoms with E-state index in [0.717, 1.165) is 44.8 Å². The minimum Gasteiger partial charge on any atom is -0.493 e. The summed E-state index contributed by atoms with van der Waals surface area (Å²) in [7, 11) is 0. The van der Waals surface area contributed by atoms with Crippen molar-refractivity contribution in [2.24, 2.45) is 0 Å². The van der Waals surface area contributed by atoms with Gasteiger partial charge in [0.1, 0.15) is 5.75 Å². The molecule has 2 aromatic rings. The molecule has 0 unspecified atom stereocenters. The topological polar surface area (TPSA) is 45.7 Å². The van der Waals surface area contributed by atoms with Crippen molar-refractivity contribution in [2.75, 3.05) is 32.8 Å². The fraction of sp³-hybridized carbons (Fsp3) is 0.444. The molecule has 0 bridgehead atoms. The highest BCUT2D eigenvalue weighted by molar-refractivity contribution is 7.07. The van der Waals surface area contributed by atoms with Gasteiger partial charge in [-0.25, -0.2) is 4.98 Å². The molecule has 0 aliphatic carbocycles. The molecule has 0 radical (unpaired) electrons. The average molecular weight is 345 g/mol. The summed E-state index contributed by atoms with van der Waals surface area (Å²) in [5.41, 5.74) is 3.64. The number of carbonyl (C=O) groups excluding carboxylic acids is 1. The molecule has 0 atom stereocenters. The minimum atomic E-state index is 0.0644. The predicted octanol–water partition coefficient (Wildman–Crippen LogP) is 2.89. The smallest absolute Gasteiger partial charge is 0.257 e. The molecule has 2 heterocycles. The molecule has 6 heteroatoms. The van der Waals surface area contributed by atoms with Crippen LogP contribution in [0.5, 0.6) is 5.75 Å². The van der Waals surface area contributed by atoms with Gasteiger partial charge in [-0.15, -0.1) is 11.3 Å². The van der Waals surface area contributed by atoms with Crippen LogP contribution in [0.4, 0.5) is 0 Å². The molecule has 1 fully saturated rings. The van der Waals surface area contributed by atoms with Crippen molar-refractivity contribution in [3.05, 3.63) is 46.4 Å². The van der Waals surface area contributed by atoms with Crippen LogP contribution in [0.25, 0.3) is 0 Å². The normalized spacial score (nSPS) is 16.0.